The Hall–Kier alpha value is -1.91. The number of hydrogen-bond donors (Lipinski definition) is 1. The van der Waals surface area contributed by atoms with Crippen LogP contribution >= 0.6 is 0 Å². The van der Waals surface area contributed by atoms with E-state index in [2.05, 4.69) is 34.1 Å². The third-order valence-electron chi connectivity index (χ3n) is 2.77. The van der Waals surface area contributed by atoms with Gasteiger partial charge in [-0.1, -0.05) is 13.8 Å². The zero-order chi connectivity index (χ0) is 13.0. The summed E-state index contributed by atoms with van der Waals surface area (Å²) in [5.74, 6) is 3.61. The lowest BCUT2D eigenvalue weighted by Crippen LogP contribution is -2.07. The molecular weight excluding hydrogens is 226 g/mol. The van der Waals surface area contributed by atoms with Crippen molar-refractivity contribution in [2.75, 3.05) is 12.4 Å². The van der Waals surface area contributed by atoms with Gasteiger partial charge in [-0.25, -0.2) is 15.0 Å². The fourth-order valence-electron chi connectivity index (χ4n) is 1.84. The highest BCUT2D eigenvalue weighted by atomic mass is 15.1. The molecule has 0 bridgehead atoms. The van der Waals surface area contributed by atoms with Crippen LogP contribution in [0.3, 0.4) is 0 Å². The molecule has 0 aromatic carbocycles. The summed E-state index contributed by atoms with van der Waals surface area (Å²) in [5, 5.41) is 3.07. The van der Waals surface area contributed by atoms with Crippen molar-refractivity contribution < 1.29 is 0 Å². The molecule has 2 rings (SSSR count). The number of imidazole rings is 1. The maximum atomic E-state index is 4.56. The van der Waals surface area contributed by atoms with E-state index in [-0.39, 0.29) is 0 Å². The standard InChI is InChI=1S/C13H19N5/c1-4-6-12-15-7-8-18(12)13-9-11(14-3)16-10(5-2)17-13/h7-9H,4-6H2,1-3H3,(H,14,16,17). The van der Waals surface area contributed by atoms with Crippen LogP contribution in [-0.4, -0.2) is 26.6 Å². The summed E-state index contributed by atoms with van der Waals surface area (Å²) < 4.78 is 2.03. The van der Waals surface area contributed by atoms with Crippen molar-refractivity contribution in [1.29, 1.82) is 0 Å². The Morgan fingerprint density at radius 1 is 1.28 bits per heavy atom. The first-order chi connectivity index (χ1) is 8.78. The molecule has 0 spiro atoms. The van der Waals surface area contributed by atoms with Crippen LogP contribution in [-0.2, 0) is 12.8 Å². The zero-order valence-corrected chi connectivity index (χ0v) is 11.1. The minimum Gasteiger partial charge on any atom is -0.373 e. The van der Waals surface area contributed by atoms with Crippen molar-refractivity contribution in [2.24, 2.45) is 0 Å². The Labute approximate surface area is 107 Å². The highest BCUT2D eigenvalue weighted by Crippen LogP contribution is 2.14. The molecule has 0 unspecified atom stereocenters. The molecule has 5 heteroatoms. The van der Waals surface area contributed by atoms with Crippen LogP contribution in [0.25, 0.3) is 5.82 Å². The molecule has 96 valence electrons. The minimum atomic E-state index is 0.820. The molecule has 0 aliphatic carbocycles. The summed E-state index contributed by atoms with van der Waals surface area (Å²) in [4.78, 5) is 13.3. The fraction of sp³-hybridized carbons (Fsp3) is 0.462. The maximum Gasteiger partial charge on any atom is 0.143 e. The smallest absolute Gasteiger partial charge is 0.143 e. The molecule has 0 fully saturated rings. The van der Waals surface area contributed by atoms with E-state index in [0.29, 0.717) is 0 Å². The van der Waals surface area contributed by atoms with E-state index in [1.165, 1.54) is 0 Å². The van der Waals surface area contributed by atoms with Gasteiger partial charge in [0.1, 0.15) is 23.3 Å². The molecule has 1 N–H and O–H groups in total. The highest BCUT2D eigenvalue weighted by molar-refractivity contribution is 5.41. The van der Waals surface area contributed by atoms with Crippen LogP contribution in [0.1, 0.15) is 31.9 Å². The first-order valence-corrected chi connectivity index (χ1v) is 6.36. The lowest BCUT2D eigenvalue weighted by molar-refractivity contribution is 0.787. The van der Waals surface area contributed by atoms with Gasteiger partial charge < -0.3 is 5.32 Å². The van der Waals surface area contributed by atoms with Crippen molar-refractivity contribution in [3.8, 4) is 5.82 Å². The second-order valence-corrected chi connectivity index (χ2v) is 4.09. The predicted octanol–water partition coefficient (Wildman–Crippen LogP) is 2.22. The molecule has 0 saturated heterocycles. The predicted molar refractivity (Wildman–Crippen MR) is 72.1 cm³/mol. The van der Waals surface area contributed by atoms with E-state index in [0.717, 1.165) is 42.5 Å². The lowest BCUT2D eigenvalue weighted by Gasteiger charge is -2.09. The van der Waals surface area contributed by atoms with Crippen molar-refractivity contribution in [2.45, 2.75) is 33.1 Å². The first kappa shape index (κ1) is 12.5. The summed E-state index contributed by atoms with van der Waals surface area (Å²) >= 11 is 0. The minimum absolute atomic E-state index is 0.820. The first-order valence-electron chi connectivity index (χ1n) is 6.36. The van der Waals surface area contributed by atoms with Gasteiger partial charge in [0.15, 0.2) is 0 Å². The van der Waals surface area contributed by atoms with Gasteiger partial charge in [-0.2, -0.15) is 0 Å². The van der Waals surface area contributed by atoms with Crippen LogP contribution in [0.15, 0.2) is 18.5 Å². The molecule has 0 aliphatic rings. The molecule has 0 radical (unpaired) electrons. The number of anilines is 1. The Morgan fingerprint density at radius 2 is 2.11 bits per heavy atom. The van der Waals surface area contributed by atoms with Gasteiger partial charge in [-0.3, -0.25) is 4.57 Å². The van der Waals surface area contributed by atoms with E-state index in [4.69, 9.17) is 0 Å². The molecule has 0 atom stereocenters. The number of nitrogens with one attached hydrogen (secondary N) is 1. The Kier molecular flexibility index (Phi) is 3.92. The number of rotatable bonds is 5. The van der Waals surface area contributed by atoms with E-state index < -0.39 is 0 Å². The van der Waals surface area contributed by atoms with Crippen LogP contribution in [0.4, 0.5) is 5.82 Å². The van der Waals surface area contributed by atoms with Gasteiger partial charge in [0, 0.05) is 38.3 Å². The van der Waals surface area contributed by atoms with E-state index in [1.54, 1.807) is 0 Å². The van der Waals surface area contributed by atoms with Crippen molar-refractivity contribution in [3.63, 3.8) is 0 Å². The maximum absolute atomic E-state index is 4.56. The van der Waals surface area contributed by atoms with E-state index >= 15 is 0 Å². The number of hydrogen-bond acceptors (Lipinski definition) is 4. The van der Waals surface area contributed by atoms with Crippen molar-refractivity contribution >= 4 is 5.82 Å². The van der Waals surface area contributed by atoms with Gasteiger partial charge in [0.2, 0.25) is 0 Å². The Bertz CT molecular complexity index is 496. The van der Waals surface area contributed by atoms with Gasteiger partial charge in [0.25, 0.3) is 0 Å². The molecule has 2 heterocycles. The van der Waals surface area contributed by atoms with E-state index in [1.807, 2.05) is 30.1 Å². The Morgan fingerprint density at radius 3 is 2.78 bits per heavy atom. The summed E-state index contributed by atoms with van der Waals surface area (Å²) in [7, 11) is 1.87. The molecule has 2 aromatic rings. The topological polar surface area (TPSA) is 55.6 Å². The largest absolute Gasteiger partial charge is 0.373 e. The number of aromatic nitrogens is 4. The summed E-state index contributed by atoms with van der Waals surface area (Å²) in [6.07, 6.45) is 6.61. The Balaban J connectivity index is 2.45. The van der Waals surface area contributed by atoms with Crippen LogP contribution < -0.4 is 5.32 Å². The third-order valence-corrected chi connectivity index (χ3v) is 2.77. The molecule has 2 aromatic heterocycles. The normalized spacial score (nSPS) is 10.6. The molecule has 0 aliphatic heterocycles. The number of aryl methyl sites for hydroxylation is 2. The highest BCUT2D eigenvalue weighted by Gasteiger charge is 2.08. The quantitative estimate of drug-likeness (QED) is 0.877. The monoisotopic (exact) mass is 245 g/mol. The third kappa shape index (κ3) is 2.50. The fourth-order valence-corrected chi connectivity index (χ4v) is 1.84. The van der Waals surface area contributed by atoms with Crippen LogP contribution in [0, 0.1) is 0 Å². The summed E-state index contributed by atoms with van der Waals surface area (Å²) in [6, 6.07) is 1.94. The average molecular weight is 245 g/mol. The molecule has 18 heavy (non-hydrogen) atoms. The van der Waals surface area contributed by atoms with Crippen LogP contribution in [0.2, 0.25) is 0 Å². The molecular formula is C13H19N5. The van der Waals surface area contributed by atoms with Crippen molar-refractivity contribution in [1.82, 2.24) is 19.5 Å². The van der Waals surface area contributed by atoms with E-state index in [9.17, 15) is 0 Å². The van der Waals surface area contributed by atoms with Crippen LogP contribution in [0.5, 0.6) is 0 Å². The molecule has 0 amide bonds. The SMILES string of the molecule is CCCc1nccn1-c1cc(NC)nc(CC)n1. The lowest BCUT2D eigenvalue weighted by atomic mass is 10.3. The molecule has 5 nitrogen and oxygen atoms in total. The molecule has 0 saturated carbocycles. The summed E-state index contributed by atoms with van der Waals surface area (Å²) in [5.41, 5.74) is 0. The van der Waals surface area contributed by atoms with Gasteiger partial charge >= 0.3 is 0 Å². The second kappa shape index (κ2) is 5.62. The van der Waals surface area contributed by atoms with Gasteiger partial charge in [-0.15, -0.1) is 0 Å². The van der Waals surface area contributed by atoms with Gasteiger partial charge in [0.05, 0.1) is 0 Å². The number of nitrogens with zero attached hydrogens (tertiary/aromatic N) is 4. The summed E-state index contributed by atoms with van der Waals surface area (Å²) in [6.45, 7) is 4.20. The second-order valence-electron chi connectivity index (χ2n) is 4.09. The van der Waals surface area contributed by atoms with Gasteiger partial charge in [-0.05, 0) is 6.42 Å². The zero-order valence-electron chi connectivity index (χ0n) is 11.1. The average Bonchev–Trinajstić information content (AvgIpc) is 2.87. The van der Waals surface area contributed by atoms with Crippen molar-refractivity contribution in [3.05, 3.63) is 30.1 Å².